The second-order valence-electron chi connectivity index (χ2n) is 3.99. The smallest absolute Gasteiger partial charge is 0.181 e. The zero-order chi connectivity index (χ0) is 11.1. The highest BCUT2D eigenvalue weighted by Gasteiger charge is 2.36. The van der Waals surface area contributed by atoms with Crippen molar-refractivity contribution >= 4 is 22.5 Å². The number of hydrogen-bond donors (Lipinski definition) is 1. The first-order chi connectivity index (χ1) is 7.01. The largest absolute Gasteiger partial charge is 0.223 e. The molecule has 0 spiro atoms. The molecule has 1 aliphatic carbocycles. The molecule has 1 aromatic carbocycles. The maximum atomic E-state index is 11.9. The van der Waals surface area contributed by atoms with E-state index in [0.29, 0.717) is 4.90 Å². The van der Waals surface area contributed by atoms with Gasteiger partial charge >= 0.3 is 0 Å². The minimum atomic E-state index is -3.03. The van der Waals surface area contributed by atoms with Gasteiger partial charge in [-0.1, -0.05) is 12.1 Å². The first-order valence-electron chi connectivity index (χ1n) is 5.04. The maximum absolute atomic E-state index is 11.9. The summed E-state index contributed by atoms with van der Waals surface area (Å²) in [5.41, 5.74) is 1.05. The van der Waals surface area contributed by atoms with Gasteiger partial charge < -0.3 is 0 Å². The number of thiol groups is 1. The topological polar surface area (TPSA) is 34.1 Å². The lowest BCUT2D eigenvalue weighted by Crippen LogP contribution is -2.06. The van der Waals surface area contributed by atoms with E-state index in [1.165, 1.54) is 0 Å². The number of hydrogen-bond acceptors (Lipinski definition) is 3. The Morgan fingerprint density at radius 2 is 1.80 bits per heavy atom. The third-order valence-electron chi connectivity index (χ3n) is 2.65. The van der Waals surface area contributed by atoms with E-state index in [-0.39, 0.29) is 10.5 Å². The van der Waals surface area contributed by atoms with Crippen molar-refractivity contribution in [2.45, 2.75) is 35.2 Å². The molecule has 1 unspecified atom stereocenters. The average molecular weight is 242 g/mol. The molecule has 0 heterocycles. The lowest BCUT2D eigenvalue weighted by molar-refractivity contribution is 0.595. The van der Waals surface area contributed by atoms with Gasteiger partial charge in [-0.15, -0.1) is 0 Å². The van der Waals surface area contributed by atoms with E-state index in [0.717, 1.165) is 18.4 Å². The van der Waals surface area contributed by atoms with Crippen LogP contribution in [0.15, 0.2) is 29.2 Å². The van der Waals surface area contributed by atoms with Gasteiger partial charge in [0.15, 0.2) is 9.84 Å². The van der Waals surface area contributed by atoms with Crippen molar-refractivity contribution in [2.24, 2.45) is 0 Å². The fourth-order valence-electron chi connectivity index (χ4n) is 1.51. The van der Waals surface area contributed by atoms with Crippen LogP contribution in [0.25, 0.3) is 0 Å². The Labute approximate surface area is 96.0 Å². The Hall–Kier alpha value is -0.480. The highest BCUT2D eigenvalue weighted by molar-refractivity contribution is 7.92. The van der Waals surface area contributed by atoms with Gasteiger partial charge in [0.1, 0.15) is 0 Å². The van der Waals surface area contributed by atoms with E-state index in [1.807, 2.05) is 19.1 Å². The van der Waals surface area contributed by atoms with Crippen LogP contribution in [0.4, 0.5) is 0 Å². The van der Waals surface area contributed by atoms with Gasteiger partial charge in [-0.2, -0.15) is 12.6 Å². The highest BCUT2D eigenvalue weighted by Crippen LogP contribution is 2.33. The molecule has 1 aromatic rings. The van der Waals surface area contributed by atoms with Crippen molar-refractivity contribution in [1.29, 1.82) is 0 Å². The Bertz CT molecular complexity index is 442. The normalized spacial score (nSPS) is 18.8. The molecular weight excluding hydrogens is 228 g/mol. The average Bonchev–Trinajstić information content (AvgIpc) is 3.01. The molecule has 15 heavy (non-hydrogen) atoms. The lowest BCUT2D eigenvalue weighted by atomic mass is 10.2. The summed E-state index contributed by atoms with van der Waals surface area (Å²) >= 11 is 4.30. The Balaban J connectivity index is 2.31. The molecule has 0 N–H and O–H groups in total. The van der Waals surface area contributed by atoms with Crippen LogP contribution in [-0.4, -0.2) is 13.7 Å². The molecule has 0 aliphatic heterocycles. The van der Waals surface area contributed by atoms with Gasteiger partial charge in [0, 0.05) is 5.25 Å². The van der Waals surface area contributed by atoms with Crippen LogP contribution in [-0.2, 0) is 9.84 Å². The van der Waals surface area contributed by atoms with E-state index >= 15 is 0 Å². The summed E-state index contributed by atoms with van der Waals surface area (Å²) in [5, 5.41) is 0.0134. The highest BCUT2D eigenvalue weighted by atomic mass is 32.2. The minimum absolute atomic E-state index is 0.128. The summed E-state index contributed by atoms with van der Waals surface area (Å²) < 4.78 is 23.7. The van der Waals surface area contributed by atoms with Crippen LogP contribution in [0.2, 0.25) is 0 Å². The molecule has 82 valence electrons. The van der Waals surface area contributed by atoms with E-state index in [1.54, 1.807) is 12.1 Å². The monoisotopic (exact) mass is 242 g/mol. The van der Waals surface area contributed by atoms with E-state index in [2.05, 4.69) is 12.6 Å². The summed E-state index contributed by atoms with van der Waals surface area (Å²) in [6, 6.07) is 7.06. The van der Waals surface area contributed by atoms with Crippen LogP contribution >= 0.6 is 12.6 Å². The molecule has 4 heteroatoms. The number of sulfone groups is 1. The predicted molar refractivity (Wildman–Crippen MR) is 64.1 cm³/mol. The van der Waals surface area contributed by atoms with Crippen LogP contribution in [0.3, 0.4) is 0 Å². The first kappa shape index (κ1) is 11.0. The van der Waals surface area contributed by atoms with E-state index < -0.39 is 9.84 Å². The van der Waals surface area contributed by atoms with Crippen molar-refractivity contribution in [3.8, 4) is 0 Å². The minimum Gasteiger partial charge on any atom is -0.223 e. The molecule has 0 aromatic heterocycles. The molecule has 2 rings (SSSR count). The van der Waals surface area contributed by atoms with E-state index in [4.69, 9.17) is 0 Å². The standard InChI is InChI=1S/C11H14O2S2/c1-8(14)9-2-4-10(5-3-9)15(12,13)11-6-7-11/h2-5,8,11,14H,6-7H2,1H3. The zero-order valence-electron chi connectivity index (χ0n) is 8.55. The molecule has 1 fully saturated rings. The Morgan fingerprint density at radius 3 is 2.20 bits per heavy atom. The number of rotatable bonds is 3. The summed E-state index contributed by atoms with van der Waals surface area (Å²) in [5.74, 6) is 0. The van der Waals surface area contributed by atoms with Crippen molar-refractivity contribution < 1.29 is 8.42 Å². The summed E-state index contributed by atoms with van der Waals surface area (Å²) in [7, 11) is -3.03. The van der Waals surface area contributed by atoms with E-state index in [9.17, 15) is 8.42 Å². The second kappa shape index (κ2) is 3.83. The van der Waals surface area contributed by atoms with Crippen LogP contribution in [0.5, 0.6) is 0 Å². The molecule has 0 radical (unpaired) electrons. The fourth-order valence-corrected chi connectivity index (χ4v) is 3.34. The van der Waals surface area contributed by atoms with Crippen LogP contribution in [0.1, 0.15) is 30.6 Å². The van der Waals surface area contributed by atoms with Crippen molar-refractivity contribution in [1.82, 2.24) is 0 Å². The first-order valence-corrected chi connectivity index (χ1v) is 7.10. The maximum Gasteiger partial charge on any atom is 0.181 e. The molecule has 1 atom stereocenters. The van der Waals surface area contributed by atoms with Gasteiger partial charge in [0.25, 0.3) is 0 Å². The summed E-state index contributed by atoms with van der Waals surface area (Å²) in [6.07, 6.45) is 1.63. The Morgan fingerprint density at radius 1 is 1.27 bits per heavy atom. The lowest BCUT2D eigenvalue weighted by Gasteiger charge is -2.06. The fraction of sp³-hybridized carbons (Fsp3) is 0.455. The molecule has 0 saturated heterocycles. The van der Waals surface area contributed by atoms with Crippen molar-refractivity contribution in [3.05, 3.63) is 29.8 Å². The molecular formula is C11H14O2S2. The summed E-state index contributed by atoms with van der Waals surface area (Å²) in [6.45, 7) is 1.97. The third kappa shape index (κ3) is 2.21. The summed E-state index contributed by atoms with van der Waals surface area (Å²) in [4.78, 5) is 0.447. The van der Waals surface area contributed by atoms with Gasteiger partial charge in [0.05, 0.1) is 10.1 Å². The van der Waals surface area contributed by atoms with Gasteiger partial charge in [-0.25, -0.2) is 8.42 Å². The Kier molecular flexibility index (Phi) is 2.81. The molecule has 1 saturated carbocycles. The molecule has 1 aliphatic rings. The third-order valence-corrected chi connectivity index (χ3v) is 5.23. The second-order valence-corrected chi connectivity index (χ2v) is 6.99. The molecule has 0 amide bonds. The van der Waals surface area contributed by atoms with Gasteiger partial charge in [0.2, 0.25) is 0 Å². The van der Waals surface area contributed by atoms with Gasteiger partial charge in [-0.05, 0) is 37.5 Å². The number of benzene rings is 1. The predicted octanol–water partition coefficient (Wildman–Crippen LogP) is 2.61. The molecule has 2 nitrogen and oxygen atoms in total. The van der Waals surface area contributed by atoms with Crippen LogP contribution in [0, 0.1) is 0 Å². The SMILES string of the molecule is CC(S)c1ccc(S(=O)(=O)C2CC2)cc1. The quantitative estimate of drug-likeness (QED) is 0.827. The van der Waals surface area contributed by atoms with Crippen LogP contribution < -0.4 is 0 Å². The van der Waals surface area contributed by atoms with Gasteiger partial charge in [-0.3, -0.25) is 0 Å². The van der Waals surface area contributed by atoms with Crippen molar-refractivity contribution in [3.63, 3.8) is 0 Å². The molecule has 0 bridgehead atoms. The van der Waals surface area contributed by atoms with Crippen molar-refractivity contribution in [2.75, 3.05) is 0 Å². The zero-order valence-corrected chi connectivity index (χ0v) is 10.3.